The molecule has 1 aliphatic heterocycles. The Hall–Kier alpha value is -0.910. The van der Waals surface area contributed by atoms with Gasteiger partial charge in [0, 0.05) is 33.0 Å². The molecule has 0 aromatic carbocycles. The molecule has 10 heteroatoms. The fourth-order valence-corrected chi connectivity index (χ4v) is 6.24. The first-order valence-electron chi connectivity index (χ1n) is 11.2. The van der Waals surface area contributed by atoms with Crippen molar-refractivity contribution in [1.82, 2.24) is 0 Å². The maximum Gasteiger partial charge on any atom is 0.377 e. The number of rotatable bonds is 10. The van der Waals surface area contributed by atoms with Crippen molar-refractivity contribution in [3.8, 4) is 0 Å². The van der Waals surface area contributed by atoms with E-state index in [1.54, 1.807) is 14.2 Å². The fourth-order valence-electron chi connectivity index (χ4n) is 6.24. The number of carbonyl (C=O) groups is 1. The first-order valence-corrected chi connectivity index (χ1v) is 11.2. The average Bonchev–Trinajstić information content (AvgIpc) is 2.72. The summed E-state index contributed by atoms with van der Waals surface area (Å²) in [6, 6.07) is 0. The van der Waals surface area contributed by atoms with Gasteiger partial charge in [-0.15, -0.1) is 0 Å². The number of carbonyl (C=O) groups excluding carboxylic acids is 1. The van der Waals surface area contributed by atoms with E-state index >= 15 is 0 Å². The summed E-state index contributed by atoms with van der Waals surface area (Å²) in [6.45, 7) is 2.31. The third-order valence-corrected chi connectivity index (χ3v) is 7.37. The number of hydrogen-bond donors (Lipinski definition) is 0. The summed E-state index contributed by atoms with van der Waals surface area (Å²) in [5, 5.41) is 0. The molecular formula is C22H34F2O8. The molecule has 4 bridgehead atoms. The first-order chi connectivity index (χ1) is 15.2. The molecule has 0 aromatic rings. The molecular weight excluding hydrogens is 430 g/mol. The zero-order valence-electron chi connectivity index (χ0n) is 19.0. The molecule has 32 heavy (non-hydrogen) atoms. The van der Waals surface area contributed by atoms with Gasteiger partial charge in [-0.25, -0.2) is 4.79 Å². The Morgan fingerprint density at radius 2 is 1.50 bits per heavy atom. The van der Waals surface area contributed by atoms with Crippen LogP contribution in [0.3, 0.4) is 0 Å². The summed E-state index contributed by atoms with van der Waals surface area (Å²) in [5.74, 6) is -5.42. The van der Waals surface area contributed by atoms with Gasteiger partial charge in [-0.05, 0) is 38.0 Å². The average molecular weight is 465 g/mol. The minimum absolute atomic E-state index is 0.00943. The smallest absolute Gasteiger partial charge is 0.377 e. The normalized spacial score (nSPS) is 34.7. The Labute approximate surface area is 187 Å². The van der Waals surface area contributed by atoms with E-state index in [4.69, 9.17) is 33.2 Å². The number of esters is 1. The topological polar surface area (TPSA) is 81.7 Å². The Morgan fingerprint density at radius 3 is 1.97 bits per heavy atom. The number of hydrogen-bond acceptors (Lipinski definition) is 8. The van der Waals surface area contributed by atoms with E-state index in [0.29, 0.717) is 58.5 Å². The molecule has 2 atom stereocenters. The van der Waals surface area contributed by atoms with Gasteiger partial charge in [0.05, 0.1) is 31.8 Å². The van der Waals surface area contributed by atoms with Crippen LogP contribution < -0.4 is 0 Å². The first kappa shape index (κ1) is 24.2. The second-order valence-electron chi connectivity index (χ2n) is 10.1. The highest BCUT2D eigenvalue weighted by Gasteiger charge is 2.67. The summed E-state index contributed by atoms with van der Waals surface area (Å²) in [4.78, 5) is 12.0. The second kappa shape index (κ2) is 9.03. The zero-order valence-corrected chi connectivity index (χ0v) is 19.0. The number of alkyl halides is 2. The van der Waals surface area contributed by atoms with Gasteiger partial charge in [0.2, 0.25) is 0 Å². The lowest BCUT2D eigenvalue weighted by Gasteiger charge is -2.65. The number of methoxy groups -OCH3 is 2. The van der Waals surface area contributed by atoms with Gasteiger partial charge in [-0.3, -0.25) is 0 Å². The van der Waals surface area contributed by atoms with Gasteiger partial charge in [0.1, 0.15) is 19.2 Å². The summed E-state index contributed by atoms with van der Waals surface area (Å²) in [7, 11) is 3.12. The molecule has 4 saturated carbocycles. The fraction of sp³-hybridized carbons (Fsp3) is 0.955. The monoisotopic (exact) mass is 464 g/mol. The van der Waals surface area contributed by atoms with Crippen LogP contribution >= 0.6 is 0 Å². The lowest BCUT2D eigenvalue weighted by atomic mass is 9.51. The third-order valence-electron chi connectivity index (χ3n) is 7.37. The maximum absolute atomic E-state index is 13.5. The SMILES string of the molecule is COCOCC1(COCOC)COC2(OC1)C1CC3CC2CC(OC(=O)C(C)(F)F)(C3)C1. The highest BCUT2D eigenvalue weighted by Crippen LogP contribution is 2.63. The molecule has 4 aliphatic carbocycles. The molecule has 0 amide bonds. The van der Waals surface area contributed by atoms with E-state index in [1.807, 2.05) is 0 Å². The van der Waals surface area contributed by atoms with Crippen LogP contribution in [0.2, 0.25) is 0 Å². The molecule has 1 heterocycles. The van der Waals surface area contributed by atoms with Crippen molar-refractivity contribution in [2.24, 2.45) is 23.2 Å². The number of halogens is 2. The predicted molar refractivity (Wildman–Crippen MR) is 106 cm³/mol. The van der Waals surface area contributed by atoms with Gasteiger partial charge in [-0.2, -0.15) is 8.78 Å². The van der Waals surface area contributed by atoms with Crippen molar-refractivity contribution in [2.75, 3.05) is 54.2 Å². The lowest BCUT2D eigenvalue weighted by Crippen LogP contribution is -2.69. The largest absolute Gasteiger partial charge is 0.455 e. The Kier molecular flexibility index (Phi) is 6.84. The van der Waals surface area contributed by atoms with E-state index in [1.165, 1.54) is 0 Å². The highest BCUT2D eigenvalue weighted by atomic mass is 19.3. The molecule has 0 aromatic heterocycles. The summed E-state index contributed by atoms with van der Waals surface area (Å²) in [5.41, 5.74) is -1.35. The second-order valence-corrected chi connectivity index (χ2v) is 10.1. The Morgan fingerprint density at radius 1 is 0.969 bits per heavy atom. The van der Waals surface area contributed by atoms with Crippen molar-refractivity contribution in [1.29, 1.82) is 0 Å². The molecule has 1 saturated heterocycles. The van der Waals surface area contributed by atoms with Gasteiger partial charge in [0.15, 0.2) is 5.79 Å². The molecule has 5 aliphatic rings. The maximum atomic E-state index is 13.5. The standard InChI is InChI=1S/C22H34F2O8/c1-19(23,24)18(25)32-21-6-15-4-16(7-21)22(17(5-15)8-21)30-11-20(12-31-22,9-28-13-26-2)10-29-14-27-3/h15-17H,4-14H2,1-3H3. The number of ether oxygens (including phenoxy) is 7. The van der Waals surface area contributed by atoms with Crippen LogP contribution in [0, 0.1) is 23.2 Å². The minimum atomic E-state index is -3.50. The summed E-state index contributed by atoms with van der Waals surface area (Å²) >= 11 is 0. The highest BCUT2D eigenvalue weighted by molar-refractivity contribution is 5.77. The van der Waals surface area contributed by atoms with Gasteiger partial charge in [-0.1, -0.05) is 0 Å². The van der Waals surface area contributed by atoms with Crippen molar-refractivity contribution in [3.63, 3.8) is 0 Å². The van der Waals surface area contributed by atoms with Gasteiger partial charge < -0.3 is 33.2 Å². The quantitative estimate of drug-likeness (QED) is 0.277. The minimum Gasteiger partial charge on any atom is -0.455 e. The predicted octanol–water partition coefficient (Wildman–Crippen LogP) is 2.73. The van der Waals surface area contributed by atoms with Crippen molar-refractivity contribution >= 4 is 5.97 Å². The van der Waals surface area contributed by atoms with E-state index < -0.39 is 28.7 Å². The molecule has 0 radical (unpaired) electrons. The molecule has 2 unspecified atom stereocenters. The van der Waals surface area contributed by atoms with Crippen LogP contribution in [0.4, 0.5) is 8.78 Å². The lowest BCUT2D eigenvalue weighted by molar-refractivity contribution is -0.399. The van der Waals surface area contributed by atoms with Gasteiger partial charge in [0.25, 0.3) is 0 Å². The van der Waals surface area contributed by atoms with Crippen molar-refractivity contribution in [2.45, 2.75) is 56.3 Å². The van der Waals surface area contributed by atoms with Gasteiger partial charge >= 0.3 is 11.9 Å². The van der Waals surface area contributed by atoms with Crippen LogP contribution in [-0.4, -0.2) is 77.5 Å². The molecule has 184 valence electrons. The van der Waals surface area contributed by atoms with E-state index in [9.17, 15) is 13.6 Å². The third kappa shape index (κ3) is 4.54. The summed E-state index contributed by atoms with van der Waals surface area (Å²) < 4.78 is 66.7. The van der Waals surface area contributed by atoms with E-state index in [2.05, 4.69) is 0 Å². The van der Waals surface area contributed by atoms with E-state index in [-0.39, 0.29) is 25.4 Å². The molecule has 5 fully saturated rings. The molecule has 5 rings (SSSR count). The van der Waals surface area contributed by atoms with Crippen LogP contribution in [0.25, 0.3) is 0 Å². The van der Waals surface area contributed by atoms with Crippen molar-refractivity contribution in [3.05, 3.63) is 0 Å². The van der Waals surface area contributed by atoms with Crippen molar-refractivity contribution < 1.29 is 46.7 Å². The van der Waals surface area contributed by atoms with Crippen LogP contribution in [0.15, 0.2) is 0 Å². The van der Waals surface area contributed by atoms with E-state index in [0.717, 1.165) is 12.8 Å². The molecule has 8 nitrogen and oxygen atoms in total. The van der Waals surface area contributed by atoms with Crippen LogP contribution in [-0.2, 0) is 38.0 Å². The Bertz CT molecular complexity index is 643. The van der Waals surface area contributed by atoms with Crippen LogP contribution in [0.5, 0.6) is 0 Å². The molecule has 1 spiro atoms. The Balaban J connectivity index is 1.45. The van der Waals surface area contributed by atoms with Crippen LogP contribution in [0.1, 0.15) is 39.0 Å². The zero-order chi connectivity index (χ0) is 23.0. The molecule has 0 N–H and O–H groups in total. The summed E-state index contributed by atoms with van der Waals surface area (Å²) in [6.07, 6.45) is 3.36.